The quantitative estimate of drug-likeness (QED) is 0.780. The average Bonchev–Trinajstić information content (AvgIpc) is 2.53. The van der Waals surface area contributed by atoms with Crippen LogP contribution in [0.3, 0.4) is 0 Å². The van der Waals surface area contributed by atoms with E-state index in [-0.39, 0.29) is 0 Å². The normalized spacial score (nSPS) is 15.4. The molecule has 2 aromatic carbocycles. The summed E-state index contributed by atoms with van der Waals surface area (Å²) in [5.74, 6) is 0. The predicted octanol–water partition coefficient (Wildman–Crippen LogP) is 4.84. The van der Waals surface area contributed by atoms with Crippen molar-refractivity contribution in [3.63, 3.8) is 0 Å². The minimum atomic E-state index is 0.439. The van der Waals surface area contributed by atoms with Crippen molar-refractivity contribution in [2.45, 2.75) is 25.3 Å². The lowest BCUT2D eigenvalue weighted by atomic mass is 9.86. The van der Waals surface area contributed by atoms with E-state index in [9.17, 15) is 0 Å². The highest BCUT2D eigenvalue weighted by Crippen LogP contribution is 2.28. The molecule has 0 N–H and O–H groups in total. The van der Waals surface area contributed by atoms with Crippen LogP contribution in [0, 0.1) is 0 Å². The first-order valence-electron chi connectivity index (χ1n) is 7.83. The first-order valence-corrected chi connectivity index (χ1v) is 8.20. The average molecular weight is 312 g/mol. The monoisotopic (exact) mass is 311 g/mol. The van der Waals surface area contributed by atoms with Crippen molar-refractivity contribution in [2.24, 2.45) is 0 Å². The van der Waals surface area contributed by atoms with Gasteiger partial charge < -0.3 is 4.90 Å². The van der Waals surface area contributed by atoms with E-state index >= 15 is 0 Å². The third kappa shape index (κ3) is 3.43. The maximum absolute atomic E-state index is 5.99. The van der Waals surface area contributed by atoms with Crippen molar-refractivity contribution < 1.29 is 0 Å². The number of benzene rings is 2. The highest BCUT2D eigenvalue weighted by molar-refractivity contribution is 6.30. The van der Waals surface area contributed by atoms with E-state index in [0.717, 1.165) is 24.3 Å². The van der Waals surface area contributed by atoms with Crippen LogP contribution >= 0.6 is 11.6 Å². The second-order valence-electron chi connectivity index (χ2n) is 6.23. The van der Waals surface area contributed by atoms with Crippen LogP contribution in [0.1, 0.15) is 23.1 Å². The fourth-order valence-corrected chi connectivity index (χ4v) is 3.33. The van der Waals surface area contributed by atoms with Crippen LogP contribution in [0.2, 0.25) is 5.02 Å². The molecule has 1 atom stereocenters. The molecule has 0 spiro atoms. The zero-order valence-electron chi connectivity index (χ0n) is 13.2. The molecule has 0 saturated heterocycles. The van der Waals surface area contributed by atoms with Gasteiger partial charge in [-0.2, -0.15) is 0 Å². The molecular formula is C20H22ClN. The number of rotatable bonds is 4. The largest absolute Gasteiger partial charge is 0.302 e. The lowest BCUT2D eigenvalue weighted by molar-refractivity contribution is 0.323. The van der Waals surface area contributed by atoms with E-state index in [0.29, 0.717) is 6.04 Å². The van der Waals surface area contributed by atoms with Crippen molar-refractivity contribution in [3.05, 3.63) is 75.8 Å². The van der Waals surface area contributed by atoms with Gasteiger partial charge in [0.2, 0.25) is 0 Å². The van der Waals surface area contributed by atoms with E-state index in [1.165, 1.54) is 22.3 Å². The van der Waals surface area contributed by atoms with E-state index in [4.69, 9.17) is 11.6 Å². The van der Waals surface area contributed by atoms with Crippen LogP contribution < -0.4 is 0 Å². The van der Waals surface area contributed by atoms with Crippen LogP contribution in [-0.2, 0) is 12.8 Å². The van der Waals surface area contributed by atoms with E-state index < -0.39 is 0 Å². The highest BCUT2D eigenvalue weighted by Gasteiger charge is 2.20. The van der Waals surface area contributed by atoms with Gasteiger partial charge in [0.25, 0.3) is 0 Å². The van der Waals surface area contributed by atoms with E-state index in [1.807, 2.05) is 12.1 Å². The number of halogens is 1. The van der Waals surface area contributed by atoms with Gasteiger partial charge in [0.05, 0.1) is 0 Å². The van der Waals surface area contributed by atoms with Crippen LogP contribution in [-0.4, -0.2) is 25.0 Å². The molecule has 22 heavy (non-hydrogen) atoms. The van der Waals surface area contributed by atoms with Crippen LogP contribution in [0.5, 0.6) is 0 Å². The molecule has 0 saturated carbocycles. The van der Waals surface area contributed by atoms with Gasteiger partial charge in [0, 0.05) is 11.1 Å². The summed E-state index contributed by atoms with van der Waals surface area (Å²) in [5.41, 5.74) is 5.71. The lowest BCUT2D eigenvalue weighted by Gasteiger charge is -2.30. The number of hydrogen-bond acceptors (Lipinski definition) is 1. The van der Waals surface area contributed by atoms with Gasteiger partial charge in [0.15, 0.2) is 0 Å². The van der Waals surface area contributed by atoms with Crippen LogP contribution in [0.25, 0.3) is 6.08 Å². The molecule has 1 aliphatic carbocycles. The Labute approximate surface area is 138 Å². The maximum Gasteiger partial charge on any atom is 0.0406 e. The lowest BCUT2D eigenvalue weighted by Crippen LogP contribution is -2.32. The topological polar surface area (TPSA) is 3.24 Å². The molecule has 1 unspecified atom stereocenters. The van der Waals surface area contributed by atoms with Gasteiger partial charge in [-0.25, -0.2) is 0 Å². The molecule has 1 nitrogen and oxygen atoms in total. The summed E-state index contributed by atoms with van der Waals surface area (Å²) >= 11 is 5.99. The third-order valence-electron chi connectivity index (χ3n) is 4.47. The van der Waals surface area contributed by atoms with Gasteiger partial charge in [0.1, 0.15) is 0 Å². The smallest absolute Gasteiger partial charge is 0.0406 e. The summed E-state index contributed by atoms with van der Waals surface area (Å²) in [6.45, 7) is 0. The summed E-state index contributed by atoms with van der Waals surface area (Å²) in [7, 11) is 4.34. The number of likely N-dealkylation sites (N-methyl/N-ethyl adjacent to an activating group) is 1. The number of hydrogen-bond donors (Lipinski definition) is 0. The summed E-state index contributed by atoms with van der Waals surface area (Å²) in [4.78, 5) is 2.33. The van der Waals surface area contributed by atoms with Gasteiger partial charge in [-0.05, 0) is 62.2 Å². The number of fused-ring (bicyclic) bond motifs is 1. The van der Waals surface area contributed by atoms with E-state index in [1.54, 1.807) is 0 Å². The fraction of sp³-hybridized carbons (Fsp3) is 0.300. The van der Waals surface area contributed by atoms with Crippen molar-refractivity contribution in [3.8, 4) is 0 Å². The Morgan fingerprint density at radius 2 is 1.73 bits per heavy atom. The molecule has 1 aliphatic rings. The Kier molecular flexibility index (Phi) is 4.66. The van der Waals surface area contributed by atoms with Gasteiger partial charge in [-0.1, -0.05) is 59.6 Å². The molecule has 0 aliphatic heterocycles. The second kappa shape index (κ2) is 6.68. The Bertz CT molecular complexity index is 670. The molecule has 2 heteroatoms. The SMILES string of the molecule is CN(C)C(Cc1ccc(Cl)cc1)C1=Cc2ccccc2CC1. The highest BCUT2D eigenvalue weighted by atomic mass is 35.5. The molecule has 0 fully saturated rings. The number of nitrogens with zero attached hydrogens (tertiary/aromatic N) is 1. The molecule has 0 bridgehead atoms. The van der Waals surface area contributed by atoms with E-state index in [2.05, 4.69) is 61.5 Å². The van der Waals surface area contributed by atoms with Crippen LogP contribution in [0.4, 0.5) is 0 Å². The van der Waals surface area contributed by atoms with Crippen molar-refractivity contribution >= 4 is 17.7 Å². The number of aryl methyl sites for hydroxylation is 1. The Hall–Kier alpha value is -1.57. The van der Waals surface area contributed by atoms with Gasteiger partial charge >= 0.3 is 0 Å². The van der Waals surface area contributed by atoms with Crippen molar-refractivity contribution in [1.82, 2.24) is 4.90 Å². The molecule has 0 heterocycles. The van der Waals surface area contributed by atoms with Gasteiger partial charge in [-0.3, -0.25) is 0 Å². The maximum atomic E-state index is 5.99. The first kappa shape index (κ1) is 15.3. The zero-order valence-corrected chi connectivity index (χ0v) is 14.0. The Morgan fingerprint density at radius 1 is 1.00 bits per heavy atom. The van der Waals surface area contributed by atoms with Crippen LogP contribution in [0.15, 0.2) is 54.1 Å². The van der Waals surface area contributed by atoms with Crippen molar-refractivity contribution in [1.29, 1.82) is 0 Å². The molecule has 3 rings (SSSR count). The molecule has 114 valence electrons. The van der Waals surface area contributed by atoms with Gasteiger partial charge in [-0.15, -0.1) is 0 Å². The molecular weight excluding hydrogens is 290 g/mol. The standard InChI is InChI=1S/C20H22ClN/c1-22(2)20(13-15-7-11-19(21)12-8-15)18-10-9-16-5-3-4-6-17(16)14-18/h3-8,11-12,14,20H,9-10,13H2,1-2H3. The summed E-state index contributed by atoms with van der Waals surface area (Å²) in [5, 5.41) is 0.802. The fourth-order valence-electron chi connectivity index (χ4n) is 3.21. The Morgan fingerprint density at radius 3 is 2.45 bits per heavy atom. The Balaban J connectivity index is 1.86. The first-order chi connectivity index (χ1) is 10.6. The third-order valence-corrected chi connectivity index (χ3v) is 4.72. The summed E-state index contributed by atoms with van der Waals surface area (Å²) < 4.78 is 0. The molecule has 0 amide bonds. The summed E-state index contributed by atoms with van der Waals surface area (Å²) in [6, 6.07) is 17.4. The summed E-state index contributed by atoms with van der Waals surface area (Å²) in [6.07, 6.45) is 5.71. The predicted molar refractivity (Wildman–Crippen MR) is 95.4 cm³/mol. The molecule has 2 aromatic rings. The molecule has 0 aromatic heterocycles. The zero-order chi connectivity index (χ0) is 15.5. The minimum Gasteiger partial charge on any atom is -0.302 e. The molecule has 0 radical (unpaired) electrons. The van der Waals surface area contributed by atoms with Crippen molar-refractivity contribution in [2.75, 3.05) is 14.1 Å². The minimum absolute atomic E-state index is 0.439. The second-order valence-corrected chi connectivity index (χ2v) is 6.66.